The van der Waals surface area contributed by atoms with E-state index in [0.717, 1.165) is 5.56 Å². The number of oxazole rings is 1. The molecule has 0 radical (unpaired) electrons. The molecule has 3 rings (SSSR count). The van der Waals surface area contributed by atoms with Gasteiger partial charge in [-0.3, -0.25) is 0 Å². The van der Waals surface area contributed by atoms with E-state index in [9.17, 15) is 8.78 Å². The van der Waals surface area contributed by atoms with E-state index in [0.29, 0.717) is 24.0 Å². The lowest BCUT2D eigenvalue weighted by Gasteiger charge is -2.12. The zero-order valence-electron chi connectivity index (χ0n) is 13.0. The van der Waals surface area contributed by atoms with Crippen molar-refractivity contribution in [2.75, 3.05) is 0 Å². The first-order valence-electron chi connectivity index (χ1n) is 7.99. The van der Waals surface area contributed by atoms with Crippen LogP contribution in [0.5, 0.6) is 0 Å². The second-order valence-electron chi connectivity index (χ2n) is 6.40. The molecule has 2 aromatic rings. The van der Waals surface area contributed by atoms with Gasteiger partial charge in [-0.25, -0.2) is 13.8 Å². The maximum absolute atomic E-state index is 13.3. The number of nitrogens with one attached hydrogen (secondary N) is 1. The van der Waals surface area contributed by atoms with E-state index >= 15 is 0 Å². The summed E-state index contributed by atoms with van der Waals surface area (Å²) in [5.41, 5.74) is 1.55. The quantitative estimate of drug-likeness (QED) is 0.852. The molecule has 1 aliphatic carbocycles. The van der Waals surface area contributed by atoms with Crippen LogP contribution in [0.4, 0.5) is 8.78 Å². The lowest BCUT2D eigenvalue weighted by Crippen LogP contribution is -2.25. The first-order chi connectivity index (χ1) is 10.5. The van der Waals surface area contributed by atoms with Gasteiger partial charge in [-0.15, -0.1) is 0 Å². The fraction of sp³-hybridized carbons (Fsp3) is 0.588. The molecule has 0 aliphatic heterocycles. The predicted molar refractivity (Wildman–Crippen MR) is 82.2 cm³/mol. The van der Waals surface area contributed by atoms with Crippen LogP contribution in [-0.4, -0.2) is 11.0 Å². The van der Waals surface area contributed by atoms with Crippen molar-refractivity contribution in [1.29, 1.82) is 0 Å². The van der Waals surface area contributed by atoms with E-state index in [4.69, 9.17) is 4.42 Å². The molecule has 0 saturated heterocycles. The Balaban J connectivity index is 1.89. The summed E-state index contributed by atoms with van der Waals surface area (Å²) in [6.07, 6.45) is 2.29. The summed E-state index contributed by atoms with van der Waals surface area (Å²) in [6.45, 7) is 4.48. The molecule has 1 aromatic heterocycles. The molecule has 1 aliphatic rings. The maximum Gasteiger partial charge on any atom is 0.267 e. The number of rotatable bonds is 5. The van der Waals surface area contributed by atoms with Crippen molar-refractivity contribution in [3.63, 3.8) is 0 Å². The van der Waals surface area contributed by atoms with E-state index in [1.807, 2.05) is 19.9 Å². The van der Waals surface area contributed by atoms with Gasteiger partial charge >= 0.3 is 0 Å². The monoisotopic (exact) mass is 308 g/mol. The SMILES string of the molecule is CC(C)c1nc2cc(CNC3CCCC3)cc(C(F)F)c2o1. The summed E-state index contributed by atoms with van der Waals surface area (Å²) in [6, 6.07) is 3.91. The summed E-state index contributed by atoms with van der Waals surface area (Å²) >= 11 is 0. The number of benzene rings is 1. The van der Waals surface area contributed by atoms with Gasteiger partial charge in [0.2, 0.25) is 0 Å². The number of fused-ring (bicyclic) bond motifs is 1. The Bertz CT molecular complexity index is 645. The Hall–Kier alpha value is -1.49. The van der Waals surface area contributed by atoms with Gasteiger partial charge < -0.3 is 9.73 Å². The van der Waals surface area contributed by atoms with Crippen LogP contribution >= 0.6 is 0 Å². The molecule has 3 nitrogen and oxygen atoms in total. The largest absolute Gasteiger partial charge is 0.440 e. The topological polar surface area (TPSA) is 38.1 Å². The number of hydrogen-bond donors (Lipinski definition) is 1. The predicted octanol–water partition coefficient (Wildman–Crippen LogP) is 4.92. The smallest absolute Gasteiger partial charge is 0.267 e. The van der Waals surface area contributed by atoms with Gasteiger partial charge in [-0.2, -0.15) is 0 Å². The molecule has 1 saturated carbocycles. The number of nitrogens with zero attached hydrogens (tertiary/aromatic N) is 1. The maximum atomic E-state index is 13.3. The Morgan fingerprint density at radius 3 is 2.64 bits per heavy atom. The number of halogens is 2. The molecule has 1 N–H and O–H groups in total. The second-order valence-corrected chi connectivity index (χ2v) is 6.40. The van der Waals surface area contributed by atoms with Crippen molar-refractivity contribution >= 4 is 11.1 Å². The molecule has 120 valence electrons. The lowest BCUT2D eigenvalue weighted by molar-refractivity contribution is 0.151. The third-order valence-electron chi connectivity index (χ3n) is 4.27. The molecule has 22 heavy (non-hydrogen) atoms. The number of alkyl halides is 2. The summed E-state index contributed by atoms with van der Waals surface area (Å²) in [5.74, 6) is 0.593. The van der Waals surface area contributed by atoms with Gasteiger partial charge in [-0.05, 0) is 30.5 Å². The van der Waals surface area contributed by atoms with E-state index in [-0.39, 0.29) is 17.1 Å². The van der Waals surface area contributed by atoms with Crippen molar-refractivity contribution in [3.05, 3.63) is 29.2 Å². The van der Waals surface area contributed by atoms with Gasteiger partial charge in [0.05, 0.1) is 5.56 Å². The highest BCUT2D eigenvalue weighted by atomic mass is 19.3. The van der Waals surface area contributed by atoms with Gasteiger partial charge in [0.1, 0.15) is 5.52 Å². The van der Waals surface area contributed by atoms with Crippen molar-refractivity contribution in [3.8, 4) is 0 Å². The van der Waals surface area contributed by atoms with E-state index in [1.54, 1.807) is 6.07 Å². The first kappa shape index (κ1) is 15.4. The van der Waals surface area contributed by atoms with E-state index in [1.165, 1.54) is 25.7 Å². The molecule has 1 heterocycles. The highest BCUT2D eigenvalue weighted by molar-refractivity contribution is 5.78. The Morgan fingerprint density at radius 1 is 1.27 bits per heavy atom. The van der Waals surface area contributed by atoms with E-state index in [2.05, 4.69) is 10.3 Å². The molecule has 0 bridgehead atoms. The van der Waals surface area contributed by atoms with Gasteiger partial charge in [-0.1, -0.05) is 26.7 Å². The summed E-state index contributed by atoms with van der Waals surface area (Å²) < 4.78 is 32.2. The summed E-state index contributed by atoms with van der Waals surface area (Å²) in [7, 11) is 0. The minimum absolute atomic E-state index is 0.0554. The van der Waals surface area contributed by atoms with Crippen LogP contribution in [-0.2, 0) is 6.54 Å². The molecule has 1 aromatic carbocycles. The standard InChI is InChI=1S/C17H22F2N2O/c1-10(2)17-21-14-8-11(9-20-12-5-3-4-6-12)7-13(16(18)19)15(14)22-17/h7-8,10,12,16,20H,3-6,9H2,1-2H3. The van der Waals surface area contributed by atoms with Crippen LogP contribution in [0.1, 0.15) is 68.9 Å². The van der Waals surface area contributed by atoms with Crippen molar-refractivity contribution < 1.29 is 13.2 Å². The molecule has 5 heteroatoms. The normalized spacial score (nSPS) is 16.5. The minimum atomic E-state index is -2.55. The Kier molecular flexibility index (Phi) is 4.43. The van der Waals surface area contributed by atoms with Gasteiger partial charge in [0.25, 0.3) is 6.43 Å². The minimum Gasteiger partial charge on any atom is -0.440 e. The Labute approximate surface area is 129 Å². The molecular weight excluding hydrogens is 286 g/mol. The number of aromatic nitrogens is 1. The highest BCUT2D eigenvalue weighted by Crippen LogP contribution is 2.31. The van der Waals surface area contributed by atoms with Gasteiger partial charge in [0, 0.05) is 18.5 Å². The average molecular weight is 308 g/mol. The summed E-state index contributed by atoms with van der Waals surface area (Å²) in [4.78, 5) is 4.37. The molecule has 1 fully saturated rings. The van der Waals surface area contributed by atoms with Crippen LogP contribution in [0, 0.1) is 0 Å². The van der Waals surface area contributed by atoms with Crippen molar-refractivity contribution in [2.24, 2.45) is 0 Å². The Morgan fingerprint density at radius 2 is 2.00 bits per heavy atom. The first-order valence-corrected chi connectivity index (χ1v) is 7.99. The molecule has 0 spiro atoms. The zero-order valence-corrected chi connectivity index (χ0v) is 13.0. The fourth-order valence-electron chi connectivity index (χ4n) is 3.04. The highest BCUT2D eigenvalue weighted by Gasteiger charge is 2.20. The van der Waals surface area contributed by atoms with Crippen LogP contribution in [0.3, 0.4) is 0 Å². The number of hydrogen-bond acceptors (Lipinski definition) is 3. The molecule has 0 unspecified atom stereocenters. The lowest BCUT2D eigenvalue weighted by atomic mass is 10.1. The van der Waals surface area contributed by atoms with Crippen molar-refractivity contribution in [2.45, 2.75) is 64.5 Å². The van der Waals surface area contributed by atoms with Gasteiger partial charge in [0.15, 0.2) is 11.5 Å². The second kappa shape index (κ2) is 6.32. The van der Waals surface area contributed by atoms with Crippen molar-refractivity contribution in [1.82, 2.24) is 10.3 Å². The third kappa shape index (κ3) is 3.14. The fourth-order valence-corrected chi connectivity index (χ4v) is 3.04. The molecule has 0 amide bonds. The van der Waals surface area contributed by atoms with E-state index < -0.39 is 6.43 Å². The van der Waals surface area contributed by atoms with Crippen LogP contribution in [0.15, 0.2) is 16.5 Å². The van der Waals surface area contributed by atoms with Crippen LogP contribution in [0.2, 0.25) is 0 Å². The molecular formula is C17H22F2N2O. The molecule has 0 atom stereocenters. The average Bonchev–Trinajstić information content (AvgIpc) is 3.13. The summed E-state index contributed by atoms with van der Waals surface area (Å²) in [5, 5.41) is 3.45. The third-order valence-corrected chi connectivity index (χ3v) is 4.27. The zero-order chi connectivity index (χ0) is 15.7. The van der Waals surface area contributed by atoms with Crippen LogP contribution < -0.4 is 5.32 Å². The van der Waals surface area contributed by atoms with Crippen LogP contribution in [0.25, 0.3) is 11.1 Å².